The largest absolute Gasteiger partial charge is 0.484 e. The number of hydrogen-bond donors (Lipinski definition) is 0. The number of non-ortho nitro benzene ring substituents is 1. The van der Waals surface area contributed by atoms with Gasteiger partial charge in [0, 0.05) is 17.7 Å². The smallest absolute Gasteiger partial charge is 0.270 e. The highest BCUT2D eigenvalue weighted by atomic mass is 16.6. The summed E-state index contributed by atoms with van der Waals surface area (Å²) >= 11 is 0. The van der Waals surface area contributed by atoms with Gasteiger partial charge in [-0.3, -0.25) is 10.1 Å². The van der Waals surface area contributed by atoms with Gasteiger partial charge in [-0.05, 0) is 18.9 Å². The predicted molar refractivity (Wildman–Crippen MR) is 64.7 cm³/mol. The fraction of sp³-hybridized carbons (Fsp3) is 0.538. The van der Waals surface area contributed by atoms with E-state index in [1.165, 1.54) is 6.07 Å². The van der Waals surface area contributed by atoms with Crippen molar-refractivity contribution in [1.82, 2.24) is 0 Å². The van der Waals surface area contributed by atoms with Gasteiger partial charge in [0.15, 0.2) is 0 Å². The van der Waals surface area contributed by atoms with Gasteiger partial charge in [-0.25, -0.2) is 0 Å². The Labute approximate surface area is 105 Å². The van der Waals surface area contributed by atoms with Crippen molar-refractivity contribution in [2.75, 3.05) is 0 Å². The van der Waals surface area contributed by atoms with Crippen LogP contribution in [-0.4, -0.2) is 16.6 Å². The van der Waals surface area contributed by atoms with Crippen LogP contribution >= 0.6 is 0 Å². The lowest BCUT2D eigenvalue weighted by atomic mass is 9.86. The van der Waals surface area contributed by atoms with Gasteiger partial charge < -0.3 is 9.47 Å². The van der Waals surface area contributed by atoms with E-state index in [1.807, 2.05) is 0 Å². The Hall–Kier alpha value is -1.62. The topological polar surface area (TPSA) is 64.9 Å². The molecule has 18 heavy (non-hydrogen) atoms. The van der Waals surface area contributed by atoms with Crippen molar-refractivity contribution >= 4 is 5.69 Å². The lowest BCUT2D eigenvalue weighted by Gasteiger charge is -2.34. The number of nitro groups is 1. The van der Waals surface area contributed by atoms with Gasteiger partial charge in [0.2, 0.25) is 0 Å². The van der Waals surface area contributed by atoms with Crippen molar-refractivity contribution in [3.8, 4) is 5.75 Å². The van der Waals surface area contributed by atoms with Crippen LogP contribution in [0.3, 0.4) is 0 Å². The monoisotopic (exact) mass is 249 g/mol. The minimum absolute atomic E-state index is 0.0338. The van der Waals surface area contributed by atoms with Gasteiger partial charge in [0.1, 0.15) is 23.6 Å². The van der Waals surface area contributed by atoms with Crippen LogP contribution in [0.15, 0.2) is 18.2 Å². The molecule has 2 unspecified atom stereocenters. The molecule has 2 atom stereocenters. The Morgan fingerprint density at radius 2 is 2.11 bits per heavy atom. The maximum absolute atomic E-state index is 10.8. The van der Waals surface area contributed by atoms with Crippen molar-refractivity contribution in [1.29, 1.82) is 0 Å². The molecule has 3 rings (SSSR count). The van der Waals surface area contributed by atoms with Crippen LogP contribution in [0.25, 0.3) is 0 Å². The third kappa shape index (κ3) is 1.43. The van der Waals surface area contributed by atoms with E-state index in [1.54, 1.807) is 12.1 Å². The normalized spacial score (nSPS) is 26.8. The van der Waals surface area contributed by atoms with Crippen LogP contribution in [0, 0.1) is 10.1 Å². The molecule has 0 aromatic heterocycles. The van der Waals surface area contributed by atoms with Crippen LogP contribution in [-0.2, 0) is 4.74 Å². The molecule has 0 spiro atoms. The standard InChI is InChI=1S/C13H15NO4/c1-3-13(4-2)12-11(17-12)9-7-8(14(15)16)5-6-10(9)18-13/h5-7,11-12H,3-4H2,1-2H3. The average molecular weight is 249 g/mol. The summed E-state index contributed by atoms with van der Waals surface area (Å²) in [7, 11) is 0. The molecule has 0 N–H and O–H groups in total. The summed E-state index contributed by atoms with van der Waals surface area (Å²) < 4.78 is 11.7. The Kier molecular flexibility index (Phi) is 2.35. The van der Waals surface area contributed by atoms with Crippen molar-refractivity contribution in [3.05, 3.63) is 33.9 Å². The first-order chi connectivity index (χ1) is 8.61. The maximum atomic E-state index is 10.8. The van der Waals surface area contributed by atoms with E-state index in [0.29, 0.717) is 0 Å². The molecular weight excluding hydrogens is 234 g/mol. The molecule has 2 aliphatic rings. The van der Waals surface area contributed by atoms with Crippen molar-refractivity contribution in [2.45, 2.75) is 44.5 Å². The highest BCUT2D eigenvalue weighted by Gasteiger charge is 2.59. The second kappa shape index (κ2) is 3.68. The molecule has 96 valence electrons. The van der Waals surface area contributed by atoms with Crippen molar-refractivity contribution < 1.29 is 14.4 Å². The number of epoxide rings is 1. The molecule has 1 fully saturated rings. The maximum Gasteiger partial charge on any atom is 0.270 e. The Morgan fingerprint density at radius 3 is 2.72 bits per heavy atom. The second-order valence-electron chi connectivity index (χ2n) is 4.83. The number of fused-ring (bicyclic) bond motifs is 3. The minimum Gasteiger partial charge on any atom is -0.484 e. The first kappa shape index (κ1) is 11.5. The number of benzene rings is 1. The first-order valence-corrected chi connectivity index (χ1v) is 6.24. The number of hydrogen-bond acceptors (Lipinski definition) is 4. The van der Waals surface area contributed by atoms with Gasteiger partial charge in [-0.15, -0.1) is 0 Å². The molecule has 0 saturated carbocycles. The second-order valence-corrected chi connectivity index (χ2v) is 4.83. The lowest BCUT2D eigenvalue weighted by molar-refractivity contribution is -0.385. The van der Waals surface area contributed by atoms with Gasteiger partial charge in [0.05, 0.1) is 4.92 Å². The Balaban J connectivity index is 2.02. The van der Waals surface area contributed by atoms with Crippen molar-refractivity contribution in [3.63, 3.8) is 0 Å². The zero-order valence-corrected chi connectivity index (χ0v) is 10.4. The highest BCUT2D eigenvalue weighted by molar-refractivity contribution is 5.49. The van der Waals surface area contributed by atoms with Gasteiger partial charge in [-0.2, -0.15) is 0 Å². The fourth-order valence-corrected chi connectivity index (χ4v) is 2.79. The molecule has 0 aliphatic carbocycles. The van der Waals surface area contributed by atoms with Gasteiger partial charge in [0.25, 0.3) is 5.69 Å². The number of nitro benzene ring substituents is 1. The molecule has 1 aromatic rings. The Morgan fingerprint density at radius 1 is 1.39 bits per heavy atom. The minimum atomic E-state index is -0.390. The third-order valence-corrected chi connectivity index (χ3v) is 4.03. The van der Waals surface area contributed by atoms with E-state index in [4.69, 9.17) is 9.47 Å². The predicted octanol–water partition coefficient (Wildman–Crippen LogP) is 2.99. The van der Waals surface area contributed by atoms with Gasteiger partial charge >= 0.3 is 0 Å². The lowest BCUT2D eigenvalue weighted by Crippen LogP contribution is -2.43. The molecule has 1 aromatic carbocycles. The van der Waals surface area contributed by atoms with Crippen LogP contribution < -0.4 is 4.74 Å². The SMILES string of the molecule is CCC1(CC)Oc2ccc([N+](=O)[O-])cc2C2OC21. The zero-order chi connectivity index (χ0) is 12.9. The van der Waals surface area contributed by atoms with Crippen LogP contribution in [0.1, 0.15) is 38.4 Å². The average Bonchev–Trinajstić information content (AvgIpc) is 3.18. The molecule has 2 heterocycles. The summed E-state index contributed by atoms with van der Waals surface area (Å²) in [5.74, 6) is 0.725. The summed E-state index contributed by atoms with van der Waals surface area (Å²) in [5, 5.41) is 10.8. The Bertz CT molecular complexity index is 510. The molecule has 5 nitrogen and oxygen atoms in total. The first-order valence-electron chi connectivity index (χ1n) is 6.24. The summed E-state index contributed by atoms with van der Waals surface area (Å²) in [4.78, 5) is 10.4. The third-order valence-electron chi connectivity index (χ3n) is 4.03. The molecule has 5 heteroatoms. The number of ether oxygens (including phenoxy) is 2. The fourth-order valence-electron chi connectivity index (χ4n) is 2.79. The van der Waals surface area contributed by atoms with E-state index in [9.17, 15) is 10.1 Å². The summed E-state index contributed by atoms with van der Waals surface area (Å²) in [6, 6.07) is 4.73. The van der Waals surface area contributed by atoms with E-state index < -0.39 is 0 Å². The van der Waals surface area contributed by atoms with Crippen LogP contribution in [0.2, 0.25) is 0 Å². The van der Waals surface area contributed by atoms with E-state index in [2.05, 4.69) is 13.8 Å². The molecule has 0 radical (unpaired) electrons. The summed E-state index contributed by atoms with van der Waals surface area (Å²) in [5.41, 5.74) is 0.632. The van der Waals surface area contributed by atoms with Crippen LogP contribution in [0.4, 0.5) is 5.69 Å². The van der Waals surface area contributed by atoms with E-state index >= 15 is 0 Å². The quantitative estimate of drug-likeness (QED) is 0.469. The molecule has 0 bridgehead atoms. The van der Waals surface area contributed by atoms with Gasteiger partial charge in [-0.1, -0.05) is 13.8 Å². The zero-order valence-electron chi connectivity index (χ0n) is 10.4. The van der Waals surface area contributed by atoms with Crippen LogP contribution in [0.5, 0.6) is 5.75 Å². The van der Waals surface area contributed by atoms with Crippen molar-refractivity contribution in [2.24, 2.45) is 0 Å². The molecule has 0 amide bonds. The van der Waals surface area contributed by atoms with E-state index in [0.717, 1.165) is 24.2 Å². The summed E-state index contributed by atoms with van der Waals surface area (Å²) in [6.45, 7) is 4.16. The van der Waals surface area contributed by atoms with E-state index in [-0.39, 0.29) is 28.4 Å². The molecule has 2 aliphatic heterocycles. The summed E-state index contributed by atoms with van der Waals surface area (Å²) in [6.07, 6.45) is 1.76. The number of rotatable bonds is 3. The molecule has 1 saturated heterocycles. The highest BCUT2D eigenvalue weighted by Crippen LogP contribution is 2.56. The number of nitrogens with zero attached hydrogens (tertiary/aromatic N) is 1. The molecular formula is C13H15NO4.